The van der Waals surface area contributed by atoms with Crippen molar-refractivity contribution in [3.8, 4) is 11.1 Å². The van der Waals surface area contributed by atoms with Crippen molar-refractivity contribution < 1.29 is 4.79 Å². The number of halogens is 1. The third-order valence-corrected chi connectivity index (χ3v) is 3.53. The first-order valence-electron chi connectivity index (χ1n) is 6.89. The van der Waals surface area contributed by atoms with E-state index in [9.17, 15) is 4.79 Å². The van der Waals surface area contributed by atoms with Crippen molar-refractivity contribution in [2.24, 2.45) is 11.6 Å². The summed E-state index contributed by atoms with van der Waals surface area (Å²) in [6.45, 7) is 3.57. The van der Waals surface area contributed by atoms with E-state index in [1.807, 2.05) is 31.2 Å². The highest BCUT2D eigenvalue weighted by atomic mass is 35.5. The van der Waals surface area contributed by atoms with Crippen LogP contribution in [0.2, 0.25) is 5.02 Å². The van der Waals surface area contributed by atoms with E-state index in [0.29, 0.717) is 10.8 Å². The molecule has 1 aromatic carbocycles. The zero-order valence-corrected chi connectivity index (χ0v) is 13.6. The Balaban J connectivity index is 2.22. The Morgan fingerprint density at radius 1 is 1.26 bits per heavy atom. The molecule has 2 aromatic rings. The van der Waals surface area contributed by atoms with Crippen molar-refractivity contribution in [1.82, 2.24) is 10.4 Å². The molecule has 6 N–H and O–H groups in total. The number of hydrazine groups is 1. The van der Waals surface area contributed by atoms with Crippen molar-refractivity contribution in [3.63, 3.8) is 0 Å². The standard InChI is InChI=1S/C16H18ClN5O/c1-9-3-5-13(17)12(7-9)11-4-6-14(20-8-11)21-16(23)15(22-19)10(2)18/h3-8,22H,18-19H2,1-2H3,(H,20,21,23)/b15-10-. The Hall–Kier alpha value is -2.57. The summed E-state index contributed by atoms with van der Waals surface area (Å²) in [7, 11) is 0. The van der Waals surface area contributed by atoms with Gasteiger partial charge in [0.05, 0.1) is 0 Å². The lowest BCUT2D eigenvalue weighted by Gasteiger charge is -2.10. The first-order valence-corrected chi connectivity index (χ1v) is 7.27. The van der Waals surface area contributed by atoms with Crippen LogP contribution < -0.4 is 22.3 Å². The molecule has 0 saturated heterocycles. The Kier molecular flexibility index (Phi) is 5.20. The number of anilines is 1. The predicted molar refractivity (Wildman–Crippen MR) is 92.3 cm³/mol. The number of hydrogen-bond acceptors (Lipinski definition) is 5. The Labute approximate surface area is 139 Å². The van der Waals surface area contributed by atoms with Gasteiger partial charge < -0.3 is 16.5 Å². The maximum Gasteiger partial charge on any atom is 0.276 e. The van der Waals surface area contributed by atoms with E-state index < -0.39 is 5.91 Å². The summed E-state index contributed by atoms with van der Waals surface area (Å²) in [6, 6.07) is 9.28. The average molecular weight is 332 g/mol. The van der Waals surface area contributed by atoms with Gasteiger partial charge in [0, 0.05) is 28.0 Å². The van der Waals surface area contributed by atoms with Gasteiger partial charge in [-0.15, -0.1) is 0 Å². The van der Waals surface area contributed by atoms with E-state index in [4.69, 9.17) is 23.2 Å². The van der Waals surface area contributed by atoms with E-state index in [1.165, 1.54) is 0 Å². The number of hydrogen-bond donors (Lipinski definition) is 4. The monoisotopic (exact) mass is 331 g/mol. The third-order valence-electron chi connectivity index (χ3n) is 3.20. The molecule has 0 aliphatic heterocycles. The van der Waals surface area contributed by atoms with Crippen LogP contribution in [0.3, 0.4) is 0 Å². The third kappa shape index (κ3) is 4.00. The molecule has 1 aromatic heterocycles. The summed E-state index contributed by atoms with van der Waals surface area (Å²) in [4.78, 5) is 16.2. The van der Waals surface area contributed by atoms with Crippen LogP contribution >= 0.6 is 11.6 Å². The largest absolute Gasteiger partial charge is 0.400 e. The summed E-state index contributed by atoms with van der Waals surface area (Å²) < 4.78 is 0. The molecule has 23 heavy (non-hydrogen) atoms. The van der Waals surface area contributed by atoms with Gasteiger partial charge in [0.1, 0.15) is 11.5 Å². The minimum atomic E-state index is -0.457. The maximum absolute atomic E-state index is 12.0. The first kappa shape index (κ1) is 16.8. The fourth-order valence-electron chi connectivity index (χ4n) is 2.02. The van der Waals surface area contributed by atoms with Crippen molar-refractivity contribution in [3.05, 3.63) is 58.5 Å². The van der Waals surface area contributed by atoms with Crippen LogP contribution in [0.15, 0.2) is 47.9 Å². The normalized spacial score (nSPS) is 11.7. The molecule has 0 radical (unpaired) electrons. The minimum Gasteiger partial charge on any atom is -0.400 e. The second-order valence-corrected chi connectivity index (χ2v) is 5.48. The van der Waals surface area contributed by atoms with Gasteiger partial charge in [-0.2, -0.15) is 0 Å². The lowest BCUT2D eigenvalue weighted by molar-refractivity contribution is -0.113. The van der Waals surface area contributed by atoms with Crippen molar-refractivity contribution in [2.45, 2.75) is 13.8 Å². The molecule has 1 heterocycles. The number of nitrogens with zero attached hydrogens (tertiary/aromatic N) is 1. The molecule has 0 atom stereocenters. The minimum absolute atomic E-state index is 0.0950. The summed E-state index contributed by atoms with van der Waals surface area (Å²) >= 11 is 6.21. The number of pyridine rings is 1. The molecule has 120 valence electrons. The van der Waals surface area contributed by atoms with Crippen LogP contribution in [0.5, 0.6) is 0 Å². The molecule has 0 saturated carbocycles. The van der Waals surface area contributed by atoms with Gasteiger partial charge in [-0.1, -0.05) is 23.2 Å². The van der Waals surface area contributed by atoms with Crippen molar-refractivity contribution in [1.29, 1.82) is 0 Å². The number of nitrogens with one attached hydrogen (secondary N) is 2. The molecule has 1 amide bonds. The number of allylic oxidation sites excluding steroid dienone is 1. The van der Waals surface area contributed by atoms with Gasteiger partial charge in [-0.3, -0.25) is 10.6 Å². The van der Waals surface area contributed by atoms with E-state index in [0.717, 1.165) is 16.7 Å². The van der Waals surface area contributed by atoms with E-state index in [-0.39, 0.29) is 11.4 Å². The zero-order chi connectivity index (χ0) is 17.0. The molecule has 2 rings (SSSR count). The highest BCUT2D eigenvalue weighted by Gasteiger charge is 2.12. The topological polar surface area (TPSA) is 106 Å². The number of amides is 1. The Morgan fingerprint density at radius 2 is 2.00 bits per heavy atom. The molecule has 0 unspecified atom stereocenters. The Morgan fingerprint density at radius 3 is 2.57 bits per heavy atom. The fourth-order valence-corrected chi connectivity index (χ4v) is 2.25. The van der Waals surface area contributed by atoms with Crippen LogP contribution in [0.1, 0.15) is 12.5 Å². The molecule has 0 aliphatic carbocycles. The molecular formula is C16H18ClN5O. The number of benzene rings is 1. The lowest BCUT2D eigenvalue weighted by atomic mass is 10.1. The van der Waals surface area contributed by atoms with Crippen LogP contribution in [0.4, 0.5) is 5.82 Å². The van der Waals surface area contributed by atoms with Crippen LogP contribution in [-0.2, 0) is 4.79 Å². The van der Waals surface area contributed by atoms with E-state index in [2.05, 4.69) is 15.7 Å². The highest BCUT2D eigenvalue weighted by Crippen LogP contribution is 2.28. The quantitative estimate of drug-likeness (QED) is 0.391. The molecule has 0 spiro atoms. The summed E-state index contributed by atoms with van der Waals surface area (Å²) in [6.07, 6.45) is 1.64. The summed E-state index contributed by atoms with van der Waals surface area (Å²) in [5.41, 5.74) is 11.1. The van der Waals surface area contributed by atoms with E-state index in [1.54, 1.807) is 19.2 Å². The number of rotatable bonds is 4. The highest BCUT2D eigenvalue weighted by molar-refractivity contribution is 6.33. The van der Waals surface area contributed by atoms with Gasteiger partial charge >= 0.3 is 0 Å². The van der Waals surface area contributed by atoms with Crippen molar-refractivity contribution in [2.75, 3.05) is 5.32 Å². The molecule has 0 fully saturated rings. The summed E-state index contributed by atoms with van der Waals surface area (Å²) in [5.74, 6) is 5.20. The number of carbonyl (C=O) groups excluding carboxylic acids is 1. The smallest absolute Gasteiger partial charge is 0.276 e. The van der Waals surface area contributed by atoms with Crippen LogP contribution in [0, 0.1) is 6.92 Å². The first-order chi connectivity index (χ1) is 10.9. The number of aryl methyl sites for hydroxylation is 1. The number of aromatic nitrogens is 1. The summed E-state index contributed by atoms with van der Waals surface area (Å²) in [5, 5.41) is 3.26. The predicted octanol–water partition coefficient (Wildman–Crippen LogP) is 2.30. The van der Waals surface area contributed by atoms with Gasteiger partial charge in [0.15, 0.2) is 0 Å². The molecule has 7 heteroatoms. The van der Waals surface area contributed by atoms with E-state index >= 15 is 0 Å². The van der Waals surface area contributed by atoms with Crippen molar-refractivity contribution >= 4 is 23.3 Å². The average Bonchev–Trinajstić information content (AvgIpc) is 2.51. The lowest BCUT2D eigenvalue weighted by Crippen LogP contribution is -2.33. The number of nitrogens with two attached hydrogens (primary N) is 2. The molecule has 6 nitrogen and oxygen atoms in total. The maximum atomic E-state index is 12.0. The van der Waals surface area contributed by atoms with Gasteiger partial charge in [-0.25, -0.2) is 4.98 Å². The second-order valence-electron chi connectivity index (χ2n) is 5.07. The second kappa shape index (κ2) is 7.13. The van der Waals surface area contributed by atoms with Gasteiger partial charge in [-0.05, 0) is 38.1 Å². The van der Waals surface area contributed by atoms with Gasteiger partial charge in [0.25, 0.3) is 5.91 Å². The molecule has 0 aliphatic rings. The van der Waals surface area contributed by atoms with Crippen LogP contribution in [-0.4, -0.2) is 10.9 Å². The SMILES string of the molecule is C/C(N)=C(/NN)C(=O)Nc1ccc(-c2cc(C)ccc2Cl)cn1. The van der Waals surface area contributed by atoms with Gasteiger partial charge in [0.2, 0.25) is 0 Å². The fraction of sp³-hybridized carbons (Fsp3) is 0.125. The Bertz CT molecular complexity index is 752. The zero-order valence-electron chi connectivity index (χ0n) is 12.9. The van der Waals surface area contributed by atoms with Crippen LogP contribution in [0.25, 0.3) is 11.1 Å². The molecule has 0 bridgehead atoms. The molecular weight excluding hydrogens is 314 g/mol. The number of carbonyl (C=O) groups is 1.